The number of aromatic nitrogens is 1. The monoisotopic (exact) mass is 250 g/mol. The van der Waals surface area contributed by atoms with Crippen LogP contribution in [0.25, 0.3) is 0 Å². The Labute approximate surface area is 98.4 Å². The third-order valence-electron chi connectivity index (χ3n) is 2.15. The average molecular weight is 250 g/mol. The van der Waals surface area contributed by atoms with Gasteiger partial charge in [-0.15, -0.1) is 0 Å². The summed E-state index contributed by atoms with van der Waals surface area (Å²) in [6.07, 6.45) is -1.69. The van der Waals surface area contributed by atoms with E-state index in [1.54, 1.807) is 0 Å². The van der Waals surface area contributed by atoms with E-state index in [0.717, 1.165) is 32.1 Å². The number of nitrogens with one attached hydrogen (secondary N) is 1. The molecule has 1 aromatic rings. The van der Waals surface area contributed by atoms with Crippen molar-refractivity contribution in [1.82, 2.24) is 10.3 Å². The number of aryl methyl sites for hydroxylation is 1. The Morgan fingerprint density at radius 2 is 2.12 bits per heavy atom. The summed E-state index contributed by atoms with van der Waals surface area (Å²) in [5.74, 6) is 0.261. The third kappa shape index (κ3) is 6.31. The highest BCUT2D eigenvalue weighted by Crippen LogP contribution is 2.21. The Balaban J connectivity index is 2.26. The van der Waals surface area contributed by atoms with Gasteiger partial charge in [0.25, 0.3) is 0 Å². The van der Waals surface area contributed by atoms with Crippen LogP contribution in [0.15, 0.2) is 10.6 Å². The lowest BCUT2D eigenvalue weighted by molar-refractivity contribution is -0.130. The fraction of sp³-hybridized carbons (Fsp3) is 0.727. The van der Waals surface area contributed by atoms with Gasteiger partial charge in [0, 0.05) is 6.42 Å². The van der Waals surface area contributed by atoms with Crippen molar-refractivity contribution in [3.05, 3.63) is 17.8 Å². The van der Waals surface area contributed by atoms with Crippen LogP contribution in [0.2, 0.25) is 0 Å². The van der Waals surface area contributed by atoms with Crippen molar-refractivity contribution < 1.29 is 17.6 Å². The molecule has 0 saturated heterocycles. The average Bonchev–Trinajstić information content (AvgIpc) is 2.63. The summed E-state index contributed by atoms with van der Waals surface area (Å²) >= 11 is 0. The summed E-state index contributed by atoms with van der Waals surface area (Å²) in [6, 6.07) is 0. The van der Waals surface area contributed by atoms with E-state index < -0.39 is 12.6 Å². The van der Waals surface area contributed by atoms with E-state index in [0.29, 0.717) is 12.3 Å². The number of hydrogen-bond acceptors (Lipinski definition) is 3. The van der Waals surface area contributed by atoms with E-state index in [1.165, 1.54) is 0 Å². The highest BCUT2D eigenvalue weighted by atomic mass is 19.4. The summed E-state index contributed by atoms with van der Waals surface area (Å²) in [7, 11) is 0. The first kappa shape index (κ1) is 14.0. The maximum Gasteiger partial charge on any atom is 0.396 e. The fourth-order valence-corrected chi connectivity index (χ4v) is 1.41. The molecule has 0 aromatic carbocycles. The van der Waals surface area contributed by atoms with E-state index in [-0.39, 0.29) is 5.76 Å². The Morgan fingerprint density at radius 3 is 2.76 bits per heavy atom. The smallest absolute Gasteiger partial charge is 0.396 e. The lowest BCUT2D eigenvalue weighted by Crippen LogP contribution is -2.16. The molecule has 1 rings (SSSR count). The normalized spacial score (nSPS) is 12.0. The quantitative estimate of drug-likeness (QED) is 0.756. The van der Waals surface area contributed by atoms with E-state index in [1.807, 2.05) is 0 Å². The summed E-state index contributed by atoms with van der Waals surface area (Å²) in [5, 5.41) is 3.20. The summed E-state index contributed by atoms with van der Waals surface area (Å²) < 4.78 is 41.1. The van der Waals surface area contributed by atoms with Gasteiger partial charge in [0.15, 0.2) is 5.89 Å². The van der Waals surface area contributed by atoms with Crippen LogP contribution in [0.5, 0.6) is 0 Å². The Bertz CT molecular complexity index is 323. The predicted molar refractivity (Wildman–Crippen MR) is 57.7 cm³/mol. The van der Waals surface area contributed by atoms with Crippen LogP contribution in [0.1, 0.15) is 31.4 Å². The predicted octanol–water partition coefficient (Wildman–Crippen LogP) is 2.71. The van der Waals surface area contributed by atoms with E-state index in [2.05, 4.69) is 17.2 Å². The maximum atomic E-state index is 12.0. The van der Waals surface area contributed by atoms with Crippen molar-refractivity contribution in [1.29, 1.82) is 0 Å². The standard InChI is InChI=1S/C11H17F3N2O/c1-2-5-15-6-3-4-10-16-8-9(17-10)7-11(12,13)14/h8,15H,2-7H2,1H3. The minimum Gasteiger partial charge on any atom is -0.445 e. The number of hydrogen-bond donors (Lipinski definition) is 1. The number of alkyl halides is 3. The van der Waals surface area contributed by atoms with Gasteiger partial charge in [-0.2, -0.15) is 13.2 Å². The van der Waals surface area contributed by atoms with Crippen LogP contribution in [0, 0.1) is 0 Å². The van der Waals surface area contributed by atoms with E-state index in [4.69, 9.17) is 4.42 Å². The van der Waals surface area contributed by atoms with E-state index in [9.17, 15) is 13.2 Å². The molecule has 0 amide bonds. The molecule has 98 valence electrons. The molecule has 0 saturated carbocycles. The minimum atomic E-state index is -4.24. The van der Waals surface area contributed by atoms with Gasteiger partial charge in [0.2, 0.25) is 0 Å². The molecule has 0 aliphatic rings. The van der Waals surface area contributed by atoms with Gasteiger partial charge in [0.1, 0.15) is 12.2 Å². The van der Waals surface area contributed by atoms with Gasteiger partial charge >= 0.3 is 6.18 Å². The zero-order chi connectivity index (χ0) is 12.7. The largest absolute Gasteiger partial charge is 0.445 e. The molecule has 17 heavy (non-hydrogen) atoms. The first-order valence-corrected chi connectivity index (χ1v) is 5.72. The molecule has 0 atom stereocenters. The number of rotatable bonds is 7. The highest BCUT2D eigenvalue weighted by Gasteiger charge is 2.29. The lowest BCUT2D eigenvalue weighted by atomic mass is 10.3. The summed E-state index contributed by atoms with van der Waals surface area (Å²) in [6.45, 7) is 3.85. The Hall–Kier alpha value is -1.04. The molecule has 0 aliphatic carbocycles. The molecule has 6 heteroatoms. The SMILES string of the molecule is CCCNCCCc1ncc(CC(F)(F)F)o1. The second kappa shape index (κ2) is 6.64. The Kier molecular flexibility index (Phi) is 5.47. The first-order chi connectivity index (χ1) is 8.01. The summed E-state index contributed by atoms with van der Waals surface area (Å²) in [5.41, 5.74) is 0. The van der Waals surface area contributed by atoms with Crippen molar-refractivity contribution in [2.24, 2.45) is 0 Å². The van der Waals surface area contributed by atoms with Gasteiger partial charge in [-0.25, -0.2) is 4.98 Å². The van der Waals surface area contributed by atoms with E-state index >= 15 is 0 Å². The molecule has 0 unspecified atom stereocenters. The second-order valence-electron chi connectivity index (χ2n) is 3.87. The minimum absolute atomic E-state index is 0.117. The van der Waals surface area contributed by atoms with Crippen LogP contribution >= 0.6 is 0 Å². The molecule has 0 radical (unpaired) electrons. The van der Waals surface area contributed by atoms with Crippen LogP contribution in [-0.4, -0.2) is 24.2 Å². The molecular formula is C11H17F3N2O. The molecule has 0 fully saturated rings. The lowest BCUT2D eigenvalue weighted by Gasteiger charge is -2.02. The summed E-state index contributed by atoms with van der Waals surface area (Å²) in [4.78, 5) is 3.82. The van der Waals surface area contributed by atoms with Crippen molar-refractivity contribution in [2.45, 2.75) is 38.8 Å². The maximum absolute atomic E-state index is 12.0. The fourth-order valence-electron chi connectivity index (χ4n) is 1.41. The second-order valence-corrected chi connectivity index (χ2v) is 3.87. The highest BCUT2D eigenvalue weighted by molar-refractivity contribution is 4.96. The molecule has 0 aliphatic heterocycles. The number of halogens is 3. The number of nitrogens with zero attached hydrogens (tertiary/aromatic N) is 1. The molecule has 3 nitrogen and oxygen atoms in total. The van der Waals surface area contributed by atoms with Crippen molar-refractivity contribution >= 4 is 0 Å². The molecular weight excluding hydrogens is 233 g/mol. The van der Waals surface area contributed by atoms with Gasteiger partial charge < -0.3 is 9.73 Å². The third-order valence-corrected chi connectivity index (χ3v) is 2.15. The molecule has 1 aromatic heterocycles. The molecule has 1 heterocycles. The number of oxazole rings is 1. The van der Waals surface area contributed by atoms with Crippen molar-refractivity contribution in [3.8, 4) is 0 Å². The van der Waals surface area contributed by atoms with Crippen LogP contribution in [0.3, 0.4) is 0 Å². The van der Waals surface area contributed by atoms with Crippen LogP contribution in [-0.2, 0) is 12.8 Å². The Morgan fingerprint density at radius 1 is 1.35 bits per heavy atom. The van der Waals surface area contributed by atoms with Gasteiger partial charge in [-0.05, 0) is 25.9 Å². The molecule has 0 bridgehead atoms. The van der Waals surface area contributed by atoms with Crippen LogP contribution in [0.4, 0.5) is 13.2 Å². The van der Waals surface area contributed by atoms with Gasteiger partial charge in [0.05, 0.1) is 6.20 Å². The van der Waals surface area contributed by atoms with Crippen molar-refractivity contribution in [3.63, 3.8) is 0 Å². The zero-order valence-electron chi connectivity index (χ0n) is 9.81. The van der Waals surface area contributed by atoms with Crippen molar-refractivity contribution in [2.75, 3.05) is 13.1 Å². The van der Waals surface area contributed by atoms with Crippen LogP contribution < -0.4 is 5.32 Å². The topological polar surface area (TPSA) is 38.1 Å². The molecule has 1 N–H and O–H groups in total. The van der Waals surface area contributed by atoms with Gasteiger partial charge in [-0.1, -0.05) is 6.92 Å². The zero-order valence-corrected chi connectivity index (χ0v) is 9.81. The first-order valence-electron chi connectivity index (χ1n) is 5.72. The molecule has 0 spiro atoms. The van der Waals surface area contributed by atoms with Gasteiger partial charge in [-0.3, -0.25) is 0 Å².